The molecular weight excluding hydrogens is 392 g/mol. The van der Waals surface area contributed by atoms with Crippen molar-refractivity contribution in [1.29, 1.82) is 0 Å². The minimum Gasteiger partial charge on any atom is -0.0851 e. The summed E-state index contributed by atoms with van der Waals surface area (Å²) in [6.45, 7) is 10.4. The van der Waals surface area contributed by atoms with E-state index in [1.807, 2.05) is 0 Å². The number of fused-ring (bicyclic) bond motifs is 4. The lowest BCUT2D eigenvalue weighted by atomic mass is 9.91. The van der Waals surface area contributed by atoms with Gasteiger partial charge in [-0.15, -0.1) is 0 Å². The second-order valence-corrected chi connectivity index (χ2v) is 22.2. The maximum Gasteiger partial charge on any atom is 0.0806 e. The van der Waals surface area contributed by atoms with E-state index in [9.17, 15) is 0 Å². The largest absolute Gasteiger partial charge is 0.0851 e. The van der Waals surface area contributed by atoms with E-state index >= 15 is 0 Å². The van der Waals surface area contributed by atoms with Gasteiger partial charge in [-0.1, -0.05) is 110 Å². The highest BCUT2D eigenvalue weighted by molar-refractivity contribution is 6.91. The van der Waals surface area contributed by atoms with Crippen molar-refractivity contribution < 1.29 is 0 Å². The molecule has 4 aliphatic rings. The predicted octanol–water partition coefficient (Wildman–Crippen LogP) is 6.72. The Kier molecular flexibility index (Phi) is 5.55. The van der Waals surface area contributed by atoms with Crippen LogP contribution in [0, 0.1) is 35.5 Å². The highest BCUT2D eigenvalue weighted by Crippen LogP contribution is 2.47. The molecule has 2 fully saturated rings. The van der Waals surface area contributed by atoms with Crippen molar-refractivity contribution in [3.8, 4) is 0 Å². The average molecular weight is 435 g/mol. The third kappa shape index (κ3) is 4.11. The van der Waals surface area contributed by atoms with Gasteiger partial charge in [0.2, 0.25) is 0 Å². The van der Waals surface area contributed by atoms with Crippen molar-refractivity contribution in [2.24, 2.45) is 35.5 Å². The Labute approximate surface area is 187 Å². The molecule has 1 aromatic carbocycles. The first-order chi connectivity index (χ1) is 14.3. The van der Waals surface area contributed by atoms with Crippen molar-refractivity contribution in [2.75, 3.05) is 0 Å². The lowest BCUT2D eigenvalue weighted by Crippen LogP contribution is -2.45. The van der Waals surface area contributed by atoms with Crippen LogP contribution in [-0.4, -0.2) is 16.1 Å². The first-order valence-electron chi connectivity index (χ1n) is 12.8. The van der Waals surface area contributed by atoms with Crippen LogP contribution in [0.1, 0.15) is 38.5 Å². The van der Waals surface area contributed by atoms with Crippen LogP contribution < -0.4 is 10.4 Å². The molecule has 0 aromatic heterocycles. The molecule has 0 amide bonds. The van der Waals surface area contributed by atoms with Gasteiger partial charge in [0.15, 0.2) is 0 Å². The van der Waals surface area contributed by atoms with Gasteiger partial charge in [-0.2, -0.15) is 0 Å². The molecule has 6 unspecified atom stereocenters. The zero-order valence-corrected chi connectivity index (χ0v) is 21.7. The Hall–Kier alpha value is -0.866. The summed E-state index contributed by atoms with van der Waals surface area (Å²) in [7, 11) is -2.64. The third-order valence-corrected chi connectivity index (χ3v) is 16.4. The van der Waals surface area contributed by atoms with Gasteiger partial charge in [0, 0.05) is 0 Å². The lowest BCUT2D eigenvalue weighted by Gasteiger charge is -2.29. The second kappa shape index (κ2) is 7.92. The fourth-order valence-electron chi connectivity index (χ4n) is 7.21. The first kappa shape index (κ1) is 21.0. The molecule has 0 radical (unpaired) electrons. The minimum absolute atomic E-state index is 0.916. The van der Waals surface area contributed by atoms with Gasteiger partial charge >= 0.3 is 0 Å². The molecular formula is C28H42Si2. The molecule has 0 nitrogen and oxygen atoms in total. The van der Waals surface area contributed by atoms with Gasteiger partial charge in [-0.3, -0.25) is 0 Å². The molecule has 5 rings (SSSR count). The van der Waals surface area contributed by atoms with Gasteiger partial charge < -0.3 is 0 Å². The van der Waals surface area contributed by atoms with Gasteiger partial charge in [-0.25, -0.2) is 0 Å². The standard InChI is InChI=1S/C28H42Si2/c1-29(2,15-13-25-19-21-5-7-23(25)17-21)27-9-11-28(12-10-27)30(3,4)16-14-26-20-22-6-8-24(26)18-22/h5-12,21-26H,13-20H2,1-4H3. The van der Waals surface area contributed by atoms with E-state index in [4.69, 9.17) is 0 Å². The van der Waals surface area contributed by atoms with Gasteiger partial charge in [0.1, 0.15) is 0 Å². The van der Waals surface area contributed by atoms with Crippen molar-refractivity contribution in [3.05, 3.63) is 48.6 Å². The molecule has 0 N–H and O–H groups in total. The molecule has 0 saturated heterocycles. The lowest BCUT2D eigenvalue weighted by molar-refractivity contribution is 0.432. The van der Waals surface area contributed by atoms with Crippen LogP contribution in [0.4, 0.5) is 0 Å². The zero-order chi connectivity index (χ0) is 20.9. The van der Waals surface area contributed by atoms with Crippen LogP contribution in [0.25, 0.3) is 0 Å². The molecule has 30 heavy (non-hydrogen) atoms. The predicted molar refractivity (Wildman–Crippen MR) is 137 cm³/mol. The van der Waals surface area contributed by atoms with Crippen molar-refractivity contribution in [1.82, 2.24) is 0 Å². The number of allylic oxidation sites excluding steroid dienone is 4. The number of hydrogen-bond acceptors (Lipinski definition) is 0. The molecule has 0 aliphatic heterocycles. The van der Waals surface area contributed by atoms with Crippen molar-refractivity contribution >= 4 is 26.5 Å². The van der Waals surface area contributed by atoms with Crippen molar-refractivity contribution in [3.63, 3.8) is 0 Å². The summed E-state index contributed by atoms with van der Waals surface area (Å²) in [6.07, 6.45) is 18.8. The van der Waals surface area contributed by atoms with E-state index in [2.05, 4.69) is 74.8 Å². The number of benzene rings is 1. The fourth-order valence-corrected chi connectivity index (χ4v) is 12.1. The molecule has 4 bridgehead atoms. The molecule has 6 atom stereocenters. The Bertz CT molecular complexity index is 747. The Morgan fingerprint density at radius 2 is 1.00 bits per heavy atom. The molecule has 162 valence electrons. The Morgan fingerprint density at radius 1 is 0.600 bits per heavy atom. The maximum absolute atomic E-state index is 2.61. The fraction of sp³-hybridized carbons (Fsp3) is 0.643. The average Bonchev–Trinajstić information content (AvgIpc) is 3.52. The first-order valence-corrected chi connectivity index (χ1v) is 19.2. The summed E-state index contributed by atoms with van der Waals surface area (Å²) < 4.78 is 0. The zero-order valence-electron chi connectivity index (χ0n) is 19.7. The minimum atomic E-state index is -1.32. The van der Waals surface area contributed by atoms with Gasteiger partial charge in [0.05, 0.1) is 16.1 Å². The molecule has 2 heteroatoms. The van der Waals surface area contributed by atoms with Crippen LogP contribution in [0.2, 0.25) is 38.3 Å². The summed E-state index contributed by atoms with van der Waals surface area (Å²) in [5.74, 6) is 5.65. The molecule has 0 heterocycles. The molecule has 0 spiro atoms. The Morgan fingerprint density at radius 3 is 1.30 bits per heavy atom. The SMILES string of the molecule is C[Si](C)(CCC1CC2C=CC1C2)c1ccc([Si](C)(C)CCC2CC3C=CC2C3)cc1. The number of rotatable bonds is 8. The van der Waals surface area contributed by atoms with E-state index in [0.717, 1.165) is 35.5 Å². The monoisotopic (exact) mass is 434 g/mol. The van der Waals surface area contributed by atoms with Crippen LogP contribution in [-0.2, 0) is 0 Å². The van der Waals surface area contributed by atoms with Crippen LogP contribution in [0.5, 0.6) is 0 Å². The highest BCUT2D eigenvalue weighted by atomic mass is 28.3. The van der Waals surface area contributed by atoms with Crippen LogP contribution in [0.15, 0.2) is 48.6 Å². The van der Waals surface area contributed by atoms with E-state index in [1.54, 1.807) is 10.4 Å². The smallest absolute Gasteiger partial charge is 0.0806 e. The summed E-state index contributed by atoms with van der Waals surface area (Å²) in [5.41, 5.74) is 0. The topological polar surface area (TPSA) is 0 Å². The number of hydrogen-bond donors (Lipinski definition) is 0. The Balaban J connectivity index is 1.17. The summed E-state index contributed by atoms with van der Waals surface area (Å²) in [5, 5.41) is 3.38. The summed E-state index contributed by atoms with van der Waals surface area (Å²) in [4.78, 5) is 0. The second-order valence-electron chi connectivity index (χ2n) is 12.5. The van der Waals surface area contributed by atoms with E-state index in [-0.39, 0.29) is 0 Å². The normalized spacial score (nSPS) is 34.4. The quantitative estimate of drug-likeness (QED) is 0.314. The summed E-state index contributed by atoms with van der Waals surface area (Å²) in [6, 6.07) is 13.1. The van der Waals surface area contributed by atoms with Gasteiger partial charge in [-0.05, 0) is 61.2 Å². The van der Waals surface area contributed by atoms with Gasteiger partial charge in [0.25, 0.3) is 0 Å². The maximum atomic E-state index is 2.61. The van der Waals surface area contributed by atoms with Crippen LogP contribution >= 0.6 is 0 Å². The highest BCUT2D eigenvalue weighted by Gasteiger charge is 2.38. The van der Waals surface area contributed by atoms with E-state index in [0.29, 0.717) is 0 Å². The molecule has 2 saturated carbocycles. The van der Waals surface area contributed by atoms with Crippen molar-refractivity contribution in [2.45, 2.75) is 76.8 Å². The molecule has 4 aliphatic carbocycles. The third-order valence-electron chi connectivity index (χ3n) is 9.56. The molecule has 1 aromatic rings. The van der Waals surface area contributed by atoms with E-state index < -0.39 is 16.1 Å². The summed E-state index contributed by atoms with van der Waals surface area (Å²) >= 11 is 0. The van der Waals surface area contributed by atoms with E-state index in [1.165, 1.54) is 50.6 Å². The van der Waals surface area contributed by atoms with Crippen LogP contribution in [0.3, 0.4) is 0 Å².